The van der Waals surface area contributed by atoms with E-state index in [1.807, 2.05) is 12.5 Å². The third-order valence-electron chi connectivity index (χ3n) is 4.15. The van der Waals surface area contributed by atoms with Crippen molar-refractivity contribution in [3.05, 3.63) is 18.7 Å². The van der Waals surface area contributed by atoms with Crippen LogP contribution in [-0.2, 0) is 6.54 Å². The number of nitrogens with zero attached hydrogens (tertiary/aromatic N) is 2. The molecule has 3 nitrogen and oxygen atoms in total. The normalized spacial score (nSPS) is 18.9. The maximum Gasteiger partial charge on any atom is 0.0945 e. The molecule has 0 radical (unpaired) electrons. The van der Waals surface area contributed by atoms with Crippen molar-refractivity contribution in [2.75, 3.05) is 0 Å². The molecule has 1 saturated carbocycles. The van der Waals surface area contributed by atoms with E-state index in [4.69, 9.17) is 0 Å². The van der Waals surface area contributed by atoms with E-state index in [9.17, 15) is 5.11 Å². The summed E-state index contributed by atoms with van der Waals surface area (Å²) in [5, 5.41) is 9.98. The van der Waals surface area contributed by atoms with E-state index in [1.54, 1.807) is 6.20 Å². The summed E-state index contributed by atoms with van der Waals surface area (Å²) in [5.74, 6) is 0.891. The Morgan fingerprint density at radius 3 is 2.78 bits per heavy atom. The molecule has 1 aromatic rings. The second-order valence-corrected chi connectivity index (χ2v) is 5.68. The number of aliphatic hydroxyl groups is 1. The van der Waals surface area contributed by atoms with Crippen molar-refractivity contribution in [3.63, 3.8) is 0 Å². The van der Waals surface area contributed by atoms with E-state index >= 15 is 0 Å². The Morgan fingerprint density at radius 2 is 2.06 bits per heavy atom. The summed E-state index contributed by atoms with van der Waals surface area (Å²) in [6.07, 6.45) is 16.7. The molecule has 1 fully saturated rings. The minimum absolute atomic E-state index is 0.101. The molecule has 3 heteroatoms. The van der Waals surface area contributed by atoms with Crippen LogP contribution in [0.15, 0.2) is 18.7 Å². The van der Waals surface area contributed by atoms with Crippen LogP contribution in [0.1, 0.15) is 57.8 Å². The van der Waals surface area contributed by atoms with Crippen molar-refractivity contribution in [3.8, 4) is 0 Å². The minimum atomic E-state index is -0.101. The van der Waals surface area contributed by atoms with Gasteiger partial charge in [-0.1, -0.05) is 32.1 Å². The Kier molecular flexibility index (Phi) is 5.72. The molecule has 2 rings (SSSR count). The molecule has 0 bridgehead atoms. The molecule has 18 heavy (non-hydrogen) atoms. The lowest BCUT2D eigenvalue weighted by molar-refractivity contribution is 0.136. The second kappa shape index (κ2) is 7.57. The molecule has 0 aromatic carbocycles. The molecule has 1 aliphatic carbocycles. The summed E-state index contributed by atoms with van der Waals surface area (Å²) < 4.78 is 2.08. The molecular formula is C15H26N2O. The highest BCUT2D eigenvalue weighted by Gasteiger charge is 2.14. The quantitative estimate of drug-likeness (QED) is 0.805. The van der Waals surface area contributed by atoms with E-state index in [2.05, 4.69) is 9.55 Å². The molecular weight excluding hydrogens is 224 g/mol. The van der Waals surface area contributed by atoms with Gasteiger partial charge < -0.3 is 9.67 Å². The van der Waals surface area contributed by atoms with Gasteiger partial charge in [0.25, 0.3) is 0 Å². The van der Waals surface area contributed by atoms with Gasteiger partial charge in [0.05, 0.1) is 12.4 Å². The van der Waals surface area contributed by atoms with Crippen LogP contribution in [0.25, 0.3) is 0 Å². The third kappa shape index (κ3) is 4.81. The molecule has 0 spiro atoms. The predicted molar refractivity (Wildman–Crippen MR) is 73.3 cm³/mol. The topological polar surface area (TPSA) is 38.0 Å². The van der Waals surface area contributed by atoms with Crippen molar-refractivity contribution < 1.29 is 5.11 Å². The minimum Gasteiger partial charge on any atom is -0.393 e. The number of aliphatic hydroxyl groups excluding tert-OH is 1. The van der Waals surface area contributed by atoms with E-state index in [-0.39, 0.29) is 6.10 Å². The smallest absolute Gasteiger partial charge is 0.0945 e. The molecule has 0 saturated heterocycles. The van der Waals surface area contributed by atoms with Gasteiger partial charge in [-0.25, -0.2) is 4.98 Å². The first-order valence-electron chi connectivity index (χ1n) is 7.48. The Labute approximate surface area is 110 Å². The van der Waals surface area contributed by atoms with Gasteiger partial charge >= 0.3 is 0 Å². The van der Waals surface area contributed by atoms with Gasteiger partial charge in [0.2, 0.25) is 0 Å². The third-order valence-corrected chi connectivity index (χ3v) is 4.15. The Bertz CT molecular complexity index is 304. The van der Waals surface area contributed by atoms with Crippen LogP contribution < -0.4 is 0 Å². The molecule has 102 valence electrons. The molecule has 1 N–H and O–H groups in total. The van der Waals surface area contributed by atoms with Crippen LogP contribution >= 0.6 is 0 Å². The number of aryl methyl sites for hydroxylation is 1. The van der Waals surface area contributed by atoms with Crippen LogP contribution in [-0.4, -0.2) is 20.8 Å². The van der Waals surface area contributed by atoms with Gasteiger partial charge in [0.15, 0.2) is 0 Å². The first-order chi connectivity index (χ1) is 8.84. The summed E-state index contributed by atoms with van der Waals surface area (Å²) in [4.78, 5) is 4.02. The molecule has 1 aromatic heterocycles. The monoisotopic (exact) mass is 250 g/mol. The van der Waals surface area contributed by atoms with E-state index < -0.39 is 0 Å². The van der Waals surface area contributed by atoms with Gasteiger partial charge in [0, 0.05) is 18.9 Å². The predicted octanol–water partition coefficient (Wildman–Crippen LogP) is 3.38. The zero-order valence-electron chi connectivity index (χ0n) is 11.3. The molecule has 1 aliphatic rings. The zero-order valence-corrected chi connectivity index (χ0v) is 11.3. The van der Waals surface area contributed by atoms with Gasteiger partial charge in [-0.05, 0) is 31.6 Å². The Hall–Kier alpha value is -0.830. The van der Waals surface area contributed by atoms with Crippen LogP contribution in [0.3, 0.4) is 0 Å². The number of hydrogen-bond acceptors (Lipinski definition) is 2. The van der Waals surface area contributed by atoms with Gasteiger partial charge in [0.1, 0.15) is 0 Å². The van der Waals surface area contributed by atoms with Crippen LogP contribution in [0, 0.1) is 5.92 Å². The molecule has 1 atom stereocenters. The lowest BCUT2D eigenvalue weighted by atomic mass is 9.85. The van der Waals surface area contributed by atoms with Crippen LogP contribution in [0.4, 0.5) is 0 Å². The summed E-state index contributed by atoms with van der Waals surface area (Å²) in [5.41, 5.74) is 0. The van der Waals surface area contributed by atoms with Crippen molar-refractivity contribution in [2.24, 2.45) is 5.92 Å². The zero-order chi connectivity index (χ0) is 12.6. The number of aromatic nitrogens is 2. The SMILES string of the molecule is OC(CCCn1ccnc1)CCC1CCCCC1. The number of rotatable bonds is 7. The standard InChI is InChI=1S/C15H26N2O/c18-15(7-4-11-17-12-10-16-13-17)9-8-14-5-2-1-3-6-14/h10,12-15,18H,1-9,11H2. The number of imidazole rings is 1. The van der Waals surface area contributed by atoms with Crippen LogP contribution in [0.2, 0.25) is 0 Å². The molecule has 1 unspecified atom stereocenters. The molecule has 1 heterocycles. The lowest BCUT2D eigenvalue weighted by Gasteiger charge is -2.22. The Balaban J connectivity index is 1.53. The van der Waals surface area contributed by atoms with Crippen molar-refractivity contribution in [2.45, 2.75) is 70.4 Å². The van der Waals surface area contributed by atoms with Gasteiger partial charge in [-0.2, -0.15) is 0 Å². The maximum absolute atomic E-state index is 9.98. The van der Waals surface area contributed by atoms with Gasteiger partial charge in [-0.15, -0.1) is 0 Å². The number of hydrogen-bond donors (Lipinski definition) is 1. The fraction of sp³-hybridized carbons (Fsp3) is 0.800. The summed E-state index contributed by atoms with van der Waals surface area (Å²) in [6.45, 7) is 0.973. The summed E-state index contributed by atoms with van der Waals surface area (Å²) >= 11 is 0. The summed E-state index contributed by atoms with van der Waals surface area (Å²) in [7, 11) is 0. The second-order valence-electron chi connectivity index (χ2n) is 5.68. The Morgan fingerprint density at radius 1 is 1.22 bits per heavy atom. The lowest BCUT2D eigenvalue weighted by Crippen LogP contribution is -2.13. The molecule has 0 aliphatic heterocycles. The average molecular weight is 250 g/mol. The highest BCUT2D eigenvalue weighted by atomic mass is 16.3. The highest BCUT2D eigenvalue weighted by molar-refractivity contribution is 4.74. The van der Waals surface area contributed by atoms with Crippen molar-refractivity contribution in [1.29, 1.82) is 0 Å². The largest absolute Gasteiger partial charge is 0.393 e. The fourth-order valence-corrected chi connectivity index (χ4v) is 2.98. The van der Waals surface area contributed by atoms with Crippen molar-refractivity contribution in [1.82, 2.24) is 9.55 Å². The fourth-order valence-electron chi connectivity index (χ4n) is 2.98. The van der Waals surface area contributed by atoms with Crippen molar-refractivity contribution >= 4 is 0 Å². The van der Waals surface area contributed by atoms with Crippen LogP contribution in [0.5, 0.6) is 0 Å². The van der Waals surface area contributed by atoms with E-state index in [0.29, 0.717) is 0 Å². The average Bonchev–Trinajstić information content (AvgIpc) is 2.91. The molecule has 0 amide bonds. The summed E-state index contributed by atoms with van der Waals surface area (Å²) in [6, 6.07) is 0. The maximum atomic E-state index is 9.98. The first kappa shape index (κ1) is 13.6. The van der Waals surface area contributed by atoms with E-state index in [0.717, 1.165) is 31.7 Å². The van der Waals surface area contributed by atoms with E-state index in [1.165, 1.54) is 38.5 Å². The highest BCUT2D eigenvalue weighted by Crippen LogP contribution is 2.28. The first-order valence-corrected chi connectivity index (χ1v) is 7.48. The van der Waals surface area contributed by atoms with Gasteiger partial charge in [-0.3, -0.25) is 0 Å².